The summed E-state index contributed by atoms with van der Waals surface area (Å²) in [5.41, 5.74) is 2.27. The highest BCUT2D eigenvalue weighted by atomic mass is 19.1. The van der Waals surface area contributed by atoms with Crippen LogP contribution in [0.5, 0.6) is 0 Å². The molecule has 0 amide bonds. The highest BCUT2D eigenvalue weighted by Gasteiger charge is 2.24. The van der Waals surface area contributed by atoms with Crippen LogP contribution in [0.15, 0.2) is 65.8 Å². The van der Waals surface area contributed by atoms with Gasteiger partial charge in [-0.3, -0.25) is 0 Å². The molecule has 29 heavy (non-hydrogen) atoms. The van der Waals surface area contributed by atoms with Gasteiger partial charge in [0.2, 0.25) is 0 Å². The molecule has 1 heterocycles. The number of rotatable bonds is 6. The van der Waals surface area contributed by atoms with Gasteiger partial charge in [0.05, 0.1) is 6.61 Å². The molecule has 0 radical (unpaired) electrons. The van der Waals surface area contributed by atoms with Crippen molar-refractivity contribution in [3.8, 4) is 0 Å². The number of carbonyl (C=O) groups excluding carboxylic acids is 1. The average molecular weight is 390 g/mol. The summed E-state index contributed by atoms with van der Waals surface area (Å²) in [7, 11) is 0. The first-order valence-corrected chi connectivity index (χ1v) is 9.37. The van der Waals surface area contributed by atoms with Crippen LogP contribution >= 0.6 is 0 Å². The third kappa shape index (κ3) is 3.38. The number of hydrogen-bond donors (Lipinski definition) is 0. The smallest absolute Gasteiger partial charge is 0.355 e. The number of nitroso groups, excluding NO2 is 1. The number of benzene rings is 3. The topological polar surface area (TPSA) is 60.7 Å². The second-order valence-electron chi connectivity index (χ2n) is 6.72. The van der Waals surface area contributed by atoms with Crippen LogP contribution < -0.4 is 0 Å². The molecule has 0 spiro atoms. The number of carbonyl (C=O) groups is 1. The minimum Gasteiger partial charge on any atom is -0.461 e. The molecule has 0 aliphatic carbocycles. The number of nitrogens with zero attached hydrogens (tertiary/aromatic N) is 2. The molecular formula is C23H19FN2O3. The van der Waals surface area contributed by atoms with Crippen molar-refractivity contribution in [3.63, 3.8) is 0 Å². The van der Waals surface area contributed by atoms with E-state index in [1.54, 1.807) is 17.6 Å². The Kier molecular flexibility index (Phi) is 5.08. The summed E-state index contributed by atoms with van der Waals surface area (Å²) in [4.78, 5) is 23.9. The second-order valence-corrected chi connectivity index (χ2v) is 6.72. The molecule has 146 valence electrons. The van der Waals surface area contributed by atoms with Gasteiger partial charge in [-0.15, -0.1) is 0 Å². The van der Waals surface area contributed by atoms with E-state index in [-0.39, 0.29) is 18.8 Å². The van der Waals surface area contributed by atoms with Crippen molar-refractivity contribution in [1.29, 1.82) is 0 Å². The van der Waals surface area contributed by atoms with E-state index in [9.17, 15) is 14.1 Å². The fraction of sp³-hybridized carbons (Fsp3) is 0.174. The fourth-order valence-electron chi connectivity index (χ4n) is 3.82. The summed E-state index contributed by atoms with van der Waals surface area (Å²) in [6.45, 7) is 2.04. The number of fused-ring (bicyclic) bond motifs is 2. The first kappa shape index (κ1) is 18.8. The Morgan fingerprint density at radius 3 is 2.66 bits per heavy atom. The van der Waals surface area contributed by atoms with Crippen LogP contribution in [0, 0.1) is 10.7 Å². The molecule has 4 aromatic rings. The Labute approximate surface area is 166 Å². The van der Waals surface area contributed by atoms with Crippen molar-refractivity contribution < 1.29 is 13.9 Å². The highest BCUT2D eigenvalue weighted by Crippen LogP contribution is 2.31. The molecule has 0 N–H and O–H groups in total. The molecule has 3 aromatic carbocycles. The van der Waals surface area contributed by atoms with Gasteiger partial charge in [-0.25, -0.2) is 9.18 Å². The zero-order valence-electron chi connectivity index (χ0n) is 15.9. The SMILES string of the molecule is CCOC(=O)c1c(CN=O)c2cc(F)ccc2n1Cc1cccc2ccccc12. The lowest BCUT2D eigenvalue weighted by Crippen LogP contribution is -2.15. The summed E-state index contributed by atoms with van der Waals surface area (Å²) < 4.78 is 21.0. The second kappa shape index (κ2) is 7.83. The molecule has 6 heteroatoms. The van der Waals surface area contributed by atoms with Crippen LogP contribution in [0.2, 0.25) is 0 Å². The summed E-state index contributed by atoms with van der Waals surface area (Å²) in [5, 5.41) is 5.60. The number of hydrogen-bond acceptors (Lipinski definition) is 4. The zero-order chi connectivity index (χ0) is 20.4. The third-order valence-electron chi connectivity index (χ3n) is 5.03. The van der Waals surface area contributed by atoms with E-state index in [4.69, 9.17) is 4.74 Å². The quantitative estimate of drug-likeness (QED) is 0.326. The van der Waals surface area contributed by atoms with Crippen molar-refractivity contribution in [2.24, 2.45) is 5.18 Å². The lowest BCUT2D eigenvalue weighted by Gasteiger charge is -2.13. The zero-order valence-corrected chi connectivity index (χ0v) is 15.9. The summed E-state index contributed by atoms with van der Waals surface area (Å²) in [6, 6.07) is 18.2. The van der Waals surface area contributed by atoms with Crippen LogP contribution in [0.4, 0.5) is 4.39 Å². The Morgan fingerprint density at radius 1 is 1.07 bits per heavy atom. The van der Waals surface area contributed by atoms with Crippen LogP contribution in [0.25, 0.3) is 21.7 Å². The van der Waals surface area contributed by atoms with Gasteiger partial charge in [0.25, 0.3) is 0 Å². The Bertz CT molecular complexity index is 1220. The number of ether oxygens (including phenoxy) is 1. The lowest BCUT2D eigenvalue weighted by atomic mass is 10.0. The molecule has 5 nitrogen and oxygen atoms in total. The standard InChI is InChI=1S/C23H19FN2O3/c1-2-29-23(27)22-20(13-25-28)19-12-17(24)10-11-21(19)26(22)14-16-8-5-7-15-6-3-4-9-18(15)16/h3-12H,2,13-14H2,1H3. The first-order valence-electron chi connectivity index (χ1n) is 9.37. The molecule has 4 rings (SSSR count). The van der Waals surface area contributed by atoms with Gasteiger partial charge in [0, 0.05) is 23.0 Å². The highest BCUT2D eigenvalue weighted by molar-refractivity contribution is 5.99. The van der Waals surface area contributed by atoms with Crippen molar-refractivity contribution in [3.05, 3.63) is 88.2 Å². The van der Waals surface area contributed by atoms with E-state index in [0.29, 0.717) is 23.0 Å². The normalized spacial score (nSPS) is 11.1. The molecule has 0 bridgehead atoms. The molecule has 0 saturated heterocycles. The Morgan fingerprint density at radius 2 is 1.86 bits per heavy atom. The van der Waals surface area contributed by atoms with E-state index in [1.165, 1.54) is 12.1 Å². The number of halogens is 1. The van der Waals surface area contributed by atoms with Gasteiger partial charge in [0.15, 0.2) is 0 Å². The first-order chi connectivity index (χ1) is 14.1. The number of aromatic nitrogens is 1. The van der Waals surface area contributed by atoms with Crippen molar-refractivity contribution in [1.82, 2.24) is 4.57 Å². The summed E-state index contributed by atoms with van der Waals surface area (Å²) >= 11 is 0. The molecule has 0 saturated carbocycles. The lowest BCUT2D eigenvalue weighted by molar-refractivity contribution is 0.0513. The molecule has 0 unspecified atom stereocenters. The van der Waals surface area contributed by atoms with Crippen LogP contribution in [-0.4, -0.2) is 17.1 Å². The van der Waals surface area contributed by atoms with E-state index in [2.05, 4.69) is 5.18 Å². The maximum atomic E-state index is 13.9. The largest absolute Gasteiger partial charge is 0.461 e. The maximum Gasteiger partial charge on any atom is 0.355 e. The maximum absolute atomic E-state index is 13.9. The Hall–Kier alpha value is -3.54. The van der Waals surface area contributed by atoms with Crippen LogP contribution in [-0.2, 0) is 17.8 Å². The van der Waals surface area contributed by atoms with Crippen molar-refractivity contribution in [2.45, 2.75) is 20.0 Å². The van der Waals surface area contributed by atoms with E-state index < -0.39 is 11.8 Å². The minimum atomic E-state index is -0.553. The molecule has 1 aromatic heterocycles. The van der Waals surface area contributed by atoms with Gasteiger partial charge in [-0.05, 0) is 41.5 Å². The van der Waals surface area contributed by atoms with E-state index in [0.717, 1.165) is 16.3 Å². The molecule has 0 atom stereocenters. The predicted octanol–water partition coefficient (Wildman–Crippen LogP) is 5.43. The molecular weight excluding hydrogens is 371 g/mol. The van der Waals surface area contributed by atoms with Crippen LogP contribution in [0.1, 0.15) is 28.5 Å². The van der Waals surface area contributed by atoms with Crippen LogP contribution in [0.3, 0.4) is 0 Å². The van der Waals surface area contributed by atoms with Gasteiger partial charge < -0.3 is 9.30 Å². The van der Waals surface area contributed by atoms with Gasteiger partial charge >= 0.3 is 5.97 Å². The monoisotopic (exact) mass is 390 g/mol. The van der Waals surface area contributed by atoms with Gasteiger partial charge in [-0.1, -0.05) is 47.6 Å². The third-order valence-corrected chi connectivity index (χ3v) is 5.03. The minimum absolute atomic E-state index is 0.191. The van der Waals surface area contributed by atoms with Gasteiger partial charge in [0.1, 0.15) is 18.1 Å². The molecule has 0 fully saturated rings. The number of esters is 1. The predicted molar refractivity (Wildman–Crippen MR) is 110 cm³/mol. The van der Waals surface area contributed by atoms with E-state index >= 15 is 0 Å². The Balaban J connectivity index is 1.98. The van der Waals surface area contributed by atoms with Crippen molar-refractivity contribution in [2.75, 3.05) is 6.61 Å². The van der Waals surface area contributed by atoms with Crippen molar-refractivity contribution >= 4 is 27.6 Å². The van der Waals surface area contributed by atoms with E-state index in [1.807, 2.05) is 42.5 Å². The summed E-state index contributed by atoms with van der Waals surface area (Å²) in [6.07, 6.45) is 0. The molecule has 0 aliphatic heterocycles. The fourth-order valence-corrected chi connectivity index (χ4v) is 3.82. The molecule has 0 aliphatic rings. The van der Waals surface area contributed by atoms with Gasteiger partial charge in [-0.2, -0.15) is 4.91 Å². The average Bonchev–Trinajstić information content (AvgIpc) is 3.01. The summed E-state index contributed by atoms with van der Waals surface area (Å²) in [5.74, 6) is -0.995.